The van der Waals surface area contributed by atoms with Crippen molar-refractivity contribution in [2.45, 2.75) is 6.54 Å². The third-order valence-electron chi connectivity index (χ3n) is 3.14. The molecule has 1 aromatic heterocycles. The Morgan fingerprint density at radius 3 is 2.65 bits per heavy atom. The van der Waals surface area contributed by atoms with Crippen LogP contribution < -0.4 is 0 Å². The standard InChI is InChI=1S/C14H11N3O3/c18-14-12(17(19)20)7-6-11-13(14)15-9-16(11)8-10-4-2-1-3-5-10/h1-7,9,18H,8H2. The zero-order valence-corrected chi connectivity index (χ0v) is 10.4. The third kappa shape index (κ3) is 1.97. The predicted octanol–water partition coefficient (Wildman–Crippen LogP) is 2.70. The van der Waals surface area contributed by atoms with Crippen molar-refractivity contribution in [3.05, 3.63) is 64.5 Å². The van der Waals surface area contributed by atoms with E-state index in [-0.39, 0.29) is 17.0 Å². The molecular formula is C14H11N3O3. The Labute approximate surface area is 114 Å². The first-order valence-electron chi connectivity index (χ1n) is 6.02. The molecule has 100 valence electrons. The van der Waals surface area contributed by atoms with Crippen molar-refractivity contribution in [1.82, 2.24) is 9.55 Å². The average Bonchev–Trinajstić information content (AvgIpc) is 2.84. The highest BCUT2D eigenvalue weighted by Gasteiger charge is 2.18. The molecule has 6 nitrogen and oxygen atoms in total. The molecule has 0 bridgehead atoms. The third-order valence-corrected chi connectivity index (χ3v) is 3.14. The molecule has 0 aliphatic heterocycles. The SMILES string of the molecule is O=[N+]([O-])c1ccc2c(ncn2Cc2ccccc2)c1O. The molecule has 0 saturated carbocycles. The fraction of sp³-hybridized carbons (Fsp3) is 0.0714. The van der Waals surface area contributed by atoms with Crippen LogP contribution in [-0.2, 0) is 6.54 Å². The van der Waals surface area contributed by atoms with Crippen LogP contribution in [0.3, 0.4) is 0 Å². The Bertz CT molecular complexity index is 781. The van der Waals surface area contributed by atoms with Gasteiger partial charge < -0.3 is 9.67 Å². The van der Waals surface area contributed by atoms with Gasteiger partial charge >= 0.3 is 5.69 Å². The molecule has 0 fully saturated rings. The number of nitro groups is 1. The lowest BCUT2D eigenvalue weighted by Gasteiger charge is -2.04. The van der Waals surface area contributed by atoms with Gasteiger partial charge in [-0.3, -0.25) is 10.1 Å². The van der Waals surface area contributed by atoms with Crippen LogP contribution in [-0.4, -0.2) is 19.6 Å². The summed E-state index contributed by atoms with van der Waals surface area (Å²) in [6, 6.07) is 12.7. The lowest BCUT2D eigenvalue weighted by molar-refractivity contribution is -0.385. The molecular weight excluding hydrogens is 258 g/mol. The van der Waals surface area contributed by atoms with E-state index in [9.17, 15) is 15.2 Å². The van der Waals surface area contributed by atoms with Gasteiger partial charge in [-0.25, -0.2) is 4.98 Å². The van der Waals surface area contributed by atoms with Gasteiger partial charge in [-0.1, -0.05) is 30.3 Å². The molecule has 2 aromatic carbocycles. The van der Waals surface area contributed by atoms with E-state index < -0.39 is 4.92 Å². The summed E-state index contributed by atoms with van der Waals surface area (Å²) in [4.78, 5) is 14.2. The van der Waals surface area contributed by atoms with Gasteiger partial charge in [-0.05, 0) is 11.6 Å². The molecule has 3 aromatic rings. The van der Waals surface area contributed by atoms with E-state index in [1.165, 1.54) is 6.07 Å². The van der Waals surface area contributed by atoms with Crippen LogP contribution >= 0.6 is 0 Å². The predicted molar refractivity (Wildman–Crippen MR) is 73.6 cm³/mol. The normalized spacial score (nSPS) is 10.8. The smallest absolute Gasteiger partial charge is 0.313 e. The number of hydrogen-bond donors (Lipinski definition) is 1. The Morgan fingerprint density at radius 1 is 1.20 bits per heavy atom. The summed E-state index contributed by atoms with van der Waals surface area (Å²) in [5.74, 6) is -0.390. The summed E-state index contributed by atoms with van der Waals surface area (Å²) < 4.78 is 1.84. The Balaban J connectivity index is 2.06. The van der Waals surface area contributed by atoms with Gasteiger partial charge in [0.25, 0.3) is 0 Å². The van der Waals surface area contributed by atoms with Crippen molar-refractivity contribution < 1.29 is 10.0 Å². The molecule has 3 rings (SSSR count). The Hall–Kier alpha value is -2.89. The molecule has 0 amide bonds. The van der Waals surface area contributed by atoms with Crippen molar-refractivity contribution in [1.29, 1.82) is 0 Å². The number of fused-ring (bicyclic) bond motifs is 1. The second kappa shape index (κ2) is 4.65. The number of benzene rings is 2. The number of aromatic nitrogens is 2. The number of nitro benzene ring substituents is 1. The van der Waals surface area contributed by atoms with Crippen molar-refractivity contribution in [2.24, 2.45) is 0 Å². The minimum atomic E-state index is -0.620. The van der Waals surface area contributed by atoms with Crippen LogP contribution in [0.1, 0.15) is 5.56 Å². The second-order valence-corrected chi connectivity index (χ2v) is 4.42. The maximum absolute atomic E-state index is 10.8. The molecule has 1 heterocycles. The van der Waals surface area contributed by atoms with Crippen molar-refractivity contribution in [3.8, 4) is 5.75 Å². The maximum Gasteiger partial charge on any atom is 0.313 e. The highest BCUT2D eigenvalue weighted by atomic mass is 16.6. The zero-order valence-electron chi connectivity index (χ0n) is 10.4. The molecule has 1 N–H and O–H groups in total. The Morgan fingerprint density at radius 2 is 1.95 bits per heavy atom. The highest BCUT2D eigenvalue weighted by Crippen LogP contribution is 2.33. The minimum Gasteiger partial charge on any atom is -0.501 e. The van der Waals surface area contributed by atoms with E-state index in [1.54, 1.807) is 12.4 Å². The van der Waals surface area contributed by atoms with Gasteiger partial charge in [-0.2, -0.15) is 0 Å². The molecule has 20 heavy (non-hydrogen) atoms. The summed E-state index contributed by atoms with van der Waals surface area (Å²) in [6.45, 7) is 0.592. The first-order chi connectivity index (χ1) is 9.66. The molecule has 0 unspecified atom stereocenters. The maximum atomic E-state index is 10.8. The summed E-state index contributed by atoms with van der Waals surface area (Å²) in [5.41, 5.74) is 1.67. The quantitative estimate of drug-likeness (QED) is 0.585. The monoisotopic (exact) mass is 269 g/mol. The first-order valence-corrected chi connectivity index (χ1v) is 6.02. The van der Waals surface area contributed by atoms with E-state index in [1.807, 2.05) is 34.9 Å². The van der Waals surface area contributed by atoms with Gasteiger partial charge in [0.1, 0.15) is 5.52 Å². The molecule has 0 saturated heterocycles. The first kappa shape index (κ1) is 12.2. The van der Waals surface area contributed by atoms with Crippen LogP contribution in [0.4, 0.5) is 5.69 Å². The number of imidazole rings is 1. The number of nitrogens with zero attached hydrogens (tertiary/aromatic N) is 3. The van der Waals surface area contributed by atoms with Gasteiger partial charge in [0.2, 0.25) is 5.75 Å². The molecule has 0 aliphatic carbocycles. The van der Waals surface area contributed by atoms with Crippen LogP contribution in [0.5, 0.6) is 5.75 Å². The number of hydrogen-bond acceptors (Lipinski definition) is 4. The number of phenols is 1. The topological polar surface area (TPSA) is 81.2 Å². The summed E-state index contributed by atoms with van der Waals surface area (Å²) in [7, 11) is 0. The summed E-state index contributed by atoms with van der Waals surface area (Å²) in [5, 5.41) is 20.7. The van der Waals surface area contributed by atoms with Crippen LogP contribution in [0.15, 0.2) is 48.8 Å². The number of aromatic hydroxyl groups is 1. The van der Waals surface area contributed by atoms with E-state index in [0.29, 0.717) is 12.1 Å². The molecule has 0 spiro atoms. The summed E-state index contributed by atoms with van der Waals surface area (Å²) >= 11 is 0. The van der Waals surface area contributed by atoms with Crippen LogP contribution in [0, 0.1) is 10.1 Å². The zero-order chi connectivity index (χ0) is 14.1. The largest absolute Gasteiger partial charge is 0.501 e. The van der Waals surface area contributed by atoms with Gasteiger partial charge in [-0.15, -0.1) is 0 Å². The van der Waals surface area contributed by atoms with Crippen LogP contribution in [0.25, 0.3) is 11.0 Å². The molecule has 0 atom stereocenters. The average molecular weight is 269 g/mol. The van der Waals surface area contributed by atoms with Crippen molar-refractivity contribution >= 4 is 16.7 Å². The fourth-order valence-corrected chi connectivity index (χ4v) is 2.16. The lowest BCUT2D eigenvalue weighted by atomic mass is 10.2. The molecule has 0 radical (unpaired) electrons. The van der Waals surface area contributed by atoms with Gasteiger partial charge in [0.15, 0.2) is 0 Å². The second-order valence-electron chi connectivity index (χ2n) is 4.42. The van der Waals surface area contributed by atoms with E-state index >= 15 is 0 Å². The number of rotatable bonds is 3. The molecule has 0 aliphatic rings. The van der Waals surface area contributed by atoms with Gasteiger partial charge in [0.05, 0.1) is 16.8 Å². The summed E-state index contributed by atoms with van der Waals surface area (Å²) in [6.07, 6.45) is 1.57. The van der Waals surface area contributed by atoms with Crippen LogP contribution in [0.2, 0.25) is 0 Å². The minimum absolute atomic E-state index is 0.245. The number of phenolic OH excluding ortho intramolecular Hbond substituents is 1. The van der Waals surface area contributed by atoms with E-state index in [2.05, 4.69) is 4.98 Å². The van der Waals surface area contributed by atoms with Gasteiger partial charge in [0, 0.05) is 12.6 Å². The fourth-order valence-electron chi connectivity index (χ4n) is 2.16. The Kier molecular flexibility index (Phi) is 2.83. The van der Waals surface area contributed by atoms with E-state index in [0.717, 1.165) is 5.56 Å². The van der Waals surface area contributed by atoms with Crippen molar-refractivity contribution in [3.63, 3.8) is 0 Å². The highest BCUT2D eigenvalue weighted by molar-refractivity contribution is 5.86. The van der Waals surface area contributed by atoms with Crippen molar-refractivity contribution in [2.75, 3.05) is 0 Å². The van der Waals surface area contributed by atoms with E-state index in [4.69, 9.17) is 0 Å². The molecule has 6 heteroatoms. The lowest BCUT2D eigenvalue weighted by Crippen LogP contribution is -1.97.